The number of ketones is 2. The van der Waals surface area contributed by atoms with Crippen molar-refractivity contribution in [1.29, 1.82) is 0 Å². The molecule has 6 N–H and O–H groups in total. The van der Waals surface area contributed by atoms with Gasteiger partial charge in [-0.2, -0.15) is 0 Å². The number of nitrogens with two attached hydrogens (primary N) is 1. The zero-order chi connectivity index (χ0) is 38.4. The summed E-state index contributed by atoms with van der Waals surface area (Å²) >= 11 is 0. The zero-order valence-corrected chi connectivity index (χ0v) is 31.0. The topological polar surface area (TPSA) is 168 Å². The Morgan fingerprint density at radius 3 is 2.12 bits per heavy atom. The minimum atomic E-state index is -1.33. The highest BCUT2D eigenvalue weighted by Crippen LogP contribution is 2.33. The third-order valence-electron chi connectivity index (χ3n) is 9.55. The first-order chi connectivity index (χ1) is 24.7. The van der Waals surface area contributed by atoms with E-state index in [0.717, 1.165) is 16.7 Å². The standard InChI is InChI=1S/C41H50N2O5.CH3NO2/c1-27-20-21-36(44)30(4)22-28(2)23-33(48-6)19-13-14-29(3)40(47)43-35-25-37(45)38(34(24-27)39(35)46)42-26-41(5,31-15-9-7-10-16-31)32-17-11-8-12-18-32;2-1(3)4/h7-19,22,25,27,30,33,36,42,44H,20-21,23-24,26H2,1-6H3,(H,43,47);2H2,(H,3,4)/b19-13-,28-22+,29-14+;. The van der Waals surface area contributed by atoms with Gasteiger partial charge in [0.25, 0.3) is 5.91 Å². The van der Waals surface area contributed by atoms with Crippen LogP contribution < -0.4 is 16.4 Å². The molecule has 2 bridgehead atoms. The predicted molar refractivity (Wildman–Crippen MR) is 203 cm³/mol. The summed E-state index contributed by atoms with van der Waals surface area (Å²) in [4.78, 5) is 49.8. The van der Waals surface area contributed by atoms with Gasteiger partial charge in [-0.15, -0.1) is 0 Å². The zero-order valence-electron chi connectivity index (χ0n) is 31.0. The number of benzene rings is 2. The second kappa shape index (κ2) is 19.5. The van der Waals surface area contributed by atoms with Gasteiger partial charge in [0.05, 0.1) is 23.6 Å². The van der Waals surface area contributed by atoms with E-state index in [1.54, 1.807) is 26.2 Å². The summed E-state index contributed by atoms with van der Waals surface area (Å²) in [5, 5.41) is 24.3. The number of aliphatic hydroxyl groups is 1. The maximum absolute atomic E-state index is 14.1. The minimum absolute atomic E-state index is 0.0176. The van der Waals surface area contributed by atoms with Crippen LogP contribution in [0.15, 0.2) is 119 Å². The quantitative estimate of drug-likeness (QED) is 0.172. The van der Waals surface area contributed by atoms with E-state index in [0.29, 0.717) is 43.4 Å². The number of primary amides is 1. The molecule has 2 aromatic rings. The highest BCUT2D eigenvalue weighted by Gasteiger charge is 2.34. The molecule has 0 fully saturated rings. The van der Waals surface area contributed by atoms with E-state index < -0.39 is 23.5 Å². The van der Waals surface area contributed by atoms with E-state index >= 15 is 0 Å². The van der Waals surface area contributed by atoms with Crippen LogP contribution in [0.3, 0.4) is 0 Å². The lowest BCUT2D eigenvalue weighted by Gasteiger charge is -2.33. The molecule has 2 aromatic carbocycles. The number of hydrogen-bond donors (Lipinski definition) is 5. The van der Waals surface area contributed by atoms with Gasteiger partial charge in [-0.3, -0.25) is 14.4 Å². The average Bonchev–Trinajstić information content (AvgIpc) is 3.11. The van der Waals surface area contributed by atoms with Crippen LogP contribution in [0.1, 0.15) is 71.4 Å². The van der Waals surface area contributed by atoms with Gasteiger partial charge in [-0.05, 0) is 63.5 Å². The Morgan fingerprint density at radius 2 is 1.56 bits per heavy atom. The maximum Gasteiger partial charge on any atom is 0.402 e. The Kier molecular flexibility index (Phi) is 15.5. The monoisotopic (exact) mass is 711 g/mol. The predicted octanol–water partition coefficient (Wildman–Crippen LogP) is 6.28. The van der Waals surface area contributed by atoms with Gasteiger partial charge >= 0.3 is 6.09 Å². The number of ether oxygens (including phenoxy) is 1. The lowest BCUT2D eigenvalue weighted by Crippen LogP contribution is -2.41. The second-order valence-corrected chi connectivity index (χ2v) is 13.9. The van der Waals surface area contributed by atoms with Gasteiger partial charge in [0.1, 0.15) is 0 Å². The van der Waals surface area contributed by atoms with Crippen LogP contribution >= 0.6 is 0 Å². The Balaban J connectivity index is 0.00000173. The SMILES string of the molecule is COC1/C=C\C=C(/C)C(=O)NC2=CC(=O)C(NCC(C)(c3ccccc3)c3ccccc3)=C(CC(C)CCC(O)C(C)/C=C(\C)C1)C2=O.NC(=O)O. The van der Waals surface area contributed by atoms with Gasteiger partial charge < -0.3 is 31.3 Å². The molecule has 4 rings (SSSR count). The van der Waals surface area contributed by atoms with Crippen LogP contribution in [0.5, 0.6) is 0 Å². The molecule has 0 aromatic heterocycles. The number of fused-ring (bicyclic) bond motifs is 2. The van der Waals surface area contributed by atoms with Crippen LogP contribution in [-0.2, 0) is 24.5 Å². The molecule has 2 amide bonds. The van der Waals surface area contributed by atoms with E-state index in [2.05, 4.69) is 53.6 Å². The molecule has 10 heteroatoms. The first kappa shape index (κ1) is 41.4. The second-order valence-electron chi connectivity index (χ2n) is 13.9. The van der Waals surface area contributed by atoms with Gasteiger partial charge in [0.15, 0.2) is 0 Å². The normalized spacial score (nSPS) is 24.9. The Morgan fingerprint density at radius 1 is 0.981 bits per heavy atom. The third-order valence-corrected chi connectivity index (χ3v) is 9.55. The number of carbonyl (C=O) groups excluding carboxylic acids is 3. The summed E-state index contributed by atoms with van der Waals surface area (Å²) in [6.45, 7) is 10.2. The lowest BCUT2D eigenvalue weighted by molar-refractivity contribution is -0.120. The van der Waals surface area contributed by atoms with E-state index in [4.69, 9.17) is 14.6 Å². The van der Waals surface area contributed by atoms with E-state index in [1.165, 1.54) is 6.08 Å². The van der Waals surface area contributed by atoms with Gasteiger partial charge in [0, 0.05) is 42.2 Å². The number of hydrogen-bond acceptors (Lipinski definition) is 7. The first-order valence-corrected chi connectivity index (χ1v) is 17.6. The van der Waals surface area contributed by atoms with Gasteiger partial charge in [-0.1, -0.05) is 104 Å². The minimum Gasteiger partial charge on any atom is -0.465 e. The van der Waals surface area contributed by atoms with Crippen molar-refractivity contribution in [3.8, 4) is 0 Å². The number of aliphatic hydroxyl groups excluding tert-OH is 1. The van der Waals surface area contributed by atoms with Gasteiger partial charge in [-0.25, -0.2) is 4.79 Å². The smallest absolute Gasteiger partial charge is 0.402 e. The largest absolute Gasteiger partial charge is 0.465 e. The molecule has 0 radical (unpaired) electrons. The van der Waals surface area contributed by atoms with Crippen molar-refractivity contribution in [2.24, 2.45) is 17.6 Å². The van der Waals surface area contributed by atoms with E-state index in [-0.39, 0.29) is 40.9 Å². The number of amides is 2. The third kappa shape index (κ3) is 11.7. The summed E-state index contributed by atoms with van der Waals surface area (Å²) in [5.41, 5.74) is 7.70. The molecule has 2 aliphatic rings. The van der Waals surface area contributed by atoms with Crippen molar-refractivity contribution in [2.75, 3.05) is 13.7 Å². The van der Waals surface area contributed by atoms with Crippen LogP contribution in [0.4, 0.5) is 4.79 Å². The van der Waals surface area contributed by atoms with Crippen LogP contribution in [0, 0.1) is 11.8 Å². The molecule has 1 heterocycles. The highest BCUT2D eigenvalue weighted by molar-refractivity contribution is 6.23. The number of Topliss-reactive ketones (excluding diaryl/α,β-unsaturated/α-hetero) is 1. The maximum atomic E-state index is 14.1. The molecule has 278 valence electrons. The Labute approximate surface area is 307 Å². The fraction of sp³-hybridized carbons (Fsp3) is 0.381. The molecule has 0 saturated carbocycles. The fourth-order valence-corrected chi connectivity index (χ4v) is 6.39. The summed E-state index contributed by atoms with van der Waals surface area (Å²) < 4.78 is 5.62. The highest BCUT2D eigenvalue weighted by atomic mass is 16.5. The first-order valence-electron chi connectivity index (χ1n) is 17.6. The summed E-state index contributed by atoms with van der Waals surface area (Å²) in [5.74, 6) is -1.29. The van der Waals surface area contributed by atoms with Crippen LogP contribution in [0.2, 0.25) is 0 Å². The molecule has 0 spiro atoms. The molecule has 4 unspecified atom stereocenters. The number of carbonyl (C=O) groups is 4. The number of nitrogens with one attached hydrogen (secondary N) is 2. The van der Waals surface area contributed by atoms with Crippen LogP contribution in [0.25, 0.3) is 0 Å². The summed E-state index contributed by atoms with van der Waals surface area (Å²) in [7, 11) is 1.64. The summed E-state index contributed by atoms with van der Waals surface area (Å²) in [6, 6.07) is 20.2. The number of methoxy groups -OCH3 is 1. The number of carboxylic acid groups (broad SMARTS) is 1. The van der Waals surface area contributed by atoms with Gasteiger partial charge in [0.2, 0.25) is 11.6 Å². The molecule has 1 aliphatic heterocycles. The molecule has 4 atom stereocenters. The molecule has 10 nitrogen and oxygen atoms in total. The van der Waals surface area contributed by atoms with Crippen molar-refractivity contribution in [3.05, 3.63) is 130 Å². The Bertz CT molecular complexity index is 1680. The molecular formula is C42H53N3O7. The van der Waals surface area contributed by atoms with Crippen molar-refractivity contribution in [3.63, 3.8) is 0 Å². The lowest BCUT2D eigenvalue weighted by atomic mass is 9.76. The van der Waals surface area contributed by atoms with Crippen molar-refractivity contribution >= 4 is 23.6 Å². The van der Waals surface area contributed by atoms with E-state index in [1.807, 2.05) is 63.2 Å². The van der Waals surface area contributed by atoms with E-state index in [9.17, 15) is 19.5 Å². The molecular weight excluding hydrogens is 658 g/mol. The molecule has 52 heavy (non-hydrogen) atoms. The summed E-state index contributed by atoms with van der Waals surface area (Å²) in [6.07, 6.45) is 8.67. The molecule has 0 saturated heterocycles. The molecule has 1 aliphatic carbocycles. The number of rotatable bonds is 6. The fourth-order valence-electron chi connectivity index (χ4n) is 6.39. The average molecular weight is 712 g/mol. The van der Waals surface area contributed by atoms with Crippen LogP contribution in [-0.4, -0.2) is 59.6 Å². The van der Waals surface area contributed by atoms with Crippen molar-refractivity contribution < 1.29 is 34.1 Å². The Hall–Kier alpha value is -5.06. The number of allylic oxidation sites excluding steroid dienone is 4. The van der Waals surface area contributed by atoms with Crippen molar-refractivity contribution in [2.45, 2.75) is 77.9 Å². The van der Waals surface area contributed by atoms with Crippen molar-refractivity contribution in [1.82, 2.24) is 10.6 Å².